The fourth-order valence-corrected chi connectivity index (χ4v) is 5.94. The first-order valence-electron chi connectivity index (χ1n) is 11.7. The first kappa shape index (κ1) is 23.1. The number of fused-ring (bicyclic) bond motifs is 1. The van der Waals surface area contributed by atoms with Gasteiger partial charge in [-0.1, -0.05) is 23.9 Å². The molecule has 9 nitrogen and oxygen atoms in total. The second kappa shape index (κ2) is 9.62. The highest BCUT2D eigenvalue weighted by Gasteiger charge is 2.31. The fourth-order valence-electron chi connectivity index (χ4n) is 4.91. The number of aromatic nitrogens is 6. The lowest BCUT2D eigenvalue weighted by atomic mass is 9.90. The van der Waals surface area contributed by atoms with Crippen LogP contribution in [0.1, 0.15) is 31.7 Å². The van der Waals surface area contributed by atoms with Crippen molar-refractivity contribution in [2.45, 2.75) is 42.5 Å². The minimum Gasteiger partial charge on any atom is -0.347 e. The molecule has 12 heteroatoms. The van der Waals surface area contributed by atoms with Crippen molar-refractivity contribution in [2.75, 3.05) is 6.54 Å². The Balaban J connectivity index is 1.38. The van der Waals surface area contributed by atoms with E-state index in [2.05, 4.69) is 35.0 Å². The normalized spacial score (nSPS) is 22.1. The van der Waals surface area contributed by atoms with E-state index in [1.54, 1.807) is 24.4 Å². The van der Waals surface area contributed by atoms with Gasteiger partial charge in [0.25, 0.3) is 5.91 Å². The summed E-state index contributed by atoms with van der Waals surface area (Å²) < 4.78 is 16.8. The van der Waals surface area contributed by atoms with Crippen LogP contribution in [0.4, 0.5) is 4.39 Å². The molecule has 3 atom stereocenters. The number of alkyl halides is 1. The molecule has 1 aromatic carbocycles. The van der Waals surface area contributed by atoms with Crippen molar-refractivity contribution in [1.29, 1.82) is 0 Å². The SMILES string of the molecule is O=C(NC1CCCC(n2c(-c3ccccc3F)nc3cnc(-c4ncn[nH]4)cc32)C1)C1=NCC(Cl)S1. The summed E-state index contributed by atoms with van der Waals surface area (Å²) in [7, 11) is 0. The highest BCUT2D eigenvalue weighted by atomic mass is 35.5. The average Bonchev–Trinajstić information content (AvgIpc) is 3.64. The third-order valence-electron chi connectivity index (χ3n) is 6.51. The van der Waals surface area contributed by atoms with Crippen molar-refractivity contribution >= 4 is 45.3 Å². The third kappa shape index (κ3) is 4.37. The lowest BCUT2D eigenvalue weighted by Crippen LogP contribution is -2.41. The number of carbonyl (C=O) groups is 1. The summed E-state index contributed by atoms with van der Waals surface area (Å²) in [4.78, 5) is 30.5. The van der Waals surface area contributed by atoms with Crippen LogP contribution in [0.15, 0.2) is 47.8 Å². The van der Waals surface area contributed by atoms with Crippen molar-refractivity contribution in [3.63, 3.8) is 0 Å². The zero-order valence-corrected chi connectivity index (χ0v) is 20.6. The summed E-state index contributed by atoms with van der Waals surface area (Å²) >= 11 is 7.38. The van der Waals surface area contributed by atoms with Crippen molar-refractivity contribution in [3.05, 3.63) is 48.7 Å². The zero-order valence-electron chi connectivity index (χ0n) is 19.1. The van der Waals surface area contributed by atoms with E-state index >= 15 is 0 Å². The first-order valence-corrected chi connectivity index (χ1v) is 13.0. The number of nitrogens with zero attached hydrogens (tertiary/aromatic N) is 6. The van der Waals surface area contributed by atoms with Crippen molar-refractivity contribution < 1.29 is 9.18 Å². The molecule has 2 aliphatic rings. The standard InChI is InChI=1S/C24H22ClFN8OS/c25-20-11-28-24(36-20)23(35)31-13-4-3-5-14(8-13)34-19-9-17(21-29-12-30-33-21)27-10-18(19)32-22(34)15-6-1-2-7-16(15)26/h1-2,6-7,9-10,12-14,20H,3-5,8,11H2,(H,31,35)(H,29,30,33). The number of hydrogen-bond acceptors (Lipinski definition) is 7. The van der Waals surface area contributed by atoms with Crippen LogP contribution in [0.3, 0.4) is 0 Å². The monoisotopic (exact) mass is 524 g/mol. The maximum absolute atomic E-state index is 14.9. The zero-order chi connectivity index (χ0) is 24.6. The molecule has 1 saturated carbocycles. The van der Waals surface area contributed by atoms with E-state index in [4.69, 9.17) is 16.6 Å². The van der Waals surface area contributed by atoms with E-state index in [0.717, 1.165) is 24.8 Å². The number of rotatable bonds is 5. The molecule has 0 bridgehead atoms. The predicted molar refractivity (Wildman–Crippen MR) is 137 cm³/mol. The number of aromatic amines is 1. The average molecular weight is 525 g/mol. The van der Waals surface area contributed by atoms with Crippen LogP contribution in [0.25, 0.3) is 33.9 Å². The molecular formula is C24H22ClFN8OS. The number of benzene rings is 1. The number of aliphatic imine (C=N–C) groups is 1. The van der Waals surface area contributed by atoms with Gasteiger partial charge in [-0.3, -0.25) is 19.9 Å². The largest absolute Gasteiger partial charge is 0.347 e. The molecule has 3 unspecified atom stereocenters. The Morgan fingerprint density at radius 1 is 1.25 bits per heavy atom. The Morgan fingerprint density at radius 2 is 2.14 bits per heavy atom. The molecule has 4 heterocycles. The molecule has 1 fully saturated rings. The van der Waals surface area contributed by atoms with E-state index in [9.17, 15) is 9.18 Å². The van der Waals surface area contributed by atoms with Crippen LogP contribution in [0, 0.1) is 5.82 Å². The lowest BCUT2D eigenvalue weighted by Gasteiger charge is -2.32. The number of thioether (sulfide) groups is 1. The molecule has 6 rings (SSSR count). The minimum atomic E-state index is -0.343. The molecule has 2 N–H and O–H groups in total. The number of hydrogen-bond donors (Lipinski definition) is 2. The third-order valence-corrected chi connectivity index (χ3v) is 7.86. The lowest BCUT2D eigenvalue weighted by molar-refractivity contribution is -0.115. The molecule has 0 spiro atoms. The number of pyridine rings is 1. The number of H-pyrrole nitrogens is 1. The smallest absolute Gasteiger partial charge is 0.276 e. The van der Waals surface area contributed by atoms with Crippen LogP contribution in [-0.4, -0.2) is 58.0 Å². The van der Waals surface area contributed by atoms with E-state index in [1.807, 2.05) is 6.07 Å². The van der Waals surface area contributed by atoms with Gasteiger partial charge < -0.3 is 9.88 Å². The van der Waals surface area contributed by atoms with Crippen molar-refractivity contribution in [3.8, 4) is 22.9 Å². The Hall–Kier alpha value is -3.31. The summed E-state index contributed by atoms with van der Waals surface area (Å²) in [5.41, 5.74) is 2.53. The van der Waals surface area contributed by atoms with E-state index in [1.165, 1.54) is 24.2 Å². The van der Waals surface area contributed by atoms with Crippen molar-refractivity contribution in [1.82, 2.24) is 35.0 Å². The van der Waals surface area contributed by atoms with Crippen LogP contribution in [0.2, 0.25) is 0 Å². The molecule has 36 heavy (non-hydrogen) atoms. The quantitative estimate of drug-likeness (QED) is 0.376. The summed E-state index contributed by atoms with van der Waals surface area (Å²) in [6.07, 6.45) is 6.42. The molecule has 1 amide bonds. The number of imidazole rings is 1. The van der Waals surface area contributed by atoms with Crippen LogP contribution >= 0.6 is 23.4 Å². The van der Waals surface area contributed by atoms with Crippen LogP contribution in [0.5, 0.6) is 0 Å². The number of amides is 1. The summed E-state index contributed by atoms with van der Waals surface area (Å²) in [5, 5.41) is 10.3. The van der Waals surface area contributed by atoms with Gasteiger partial charge in [-0.05, 0) is 43.9 Å². The van der Waals surface area contributed by atoms with Gasteiger partial charge in [0.2, 0.25) is 0 Å². The molecule has 1 aliphatic carbocycles. The van der Waals surface area contributed by atoms with Gasteiger partial charge in [0.15, 0.2) is 10.9 Å². The topological polar surface area (TPSA) is 114 Å². The Bertz CT molecular complexity index is 1460. The molecule has 4 aromatic rings. The second-order valence-electron chi connectivity index (χ2n) is 8.84. The highest BCUT2D eigenvalue weighted by Crippen LogP contribution is 2.37. The summed E-state index contributed by atoms with van der Waals surface area (Å²) in [5.74, 6) is 0.552. The highest BCUT2D eigenvalue weighted by molar-refractivity contribution is 8.17. The molecule has 3 aromatic heterocycles. The first-order chi connectivity index (χ1) is 17.6. The van der Waals surface area contributed by atoms with Crippen LogP contribution < -0.4 is 5.32 Å². The maximum atomic E-state index is 14.9. The summed E-state index contributed by atoms with van der Waals surface area (Å²) in [6, 6.07) is 8.48. The van der Waals surface area contributed by atoms with E-state index in [0.29, 0.717) is 46.4 Å². The van der Waals surface area contributed by atoms with Gasteiger partial charge in [-0.15, -0.1) is 11.6 Å². The maximum Gasteiger partial charge on any atom is 0.276 e. The van der Waals surface area contributed by atoms with Gasteiger partial charge in [-0.2, -0.15) is 5.10 Å². The van der Waals surface area contributed by atoms with Gasteiger partial charge in [-0.25, -0.2) is 14.4 Å². The van der Waals surface area contributed by atoms with Crippen molar-refractivity contribution in [2.24, 2.45) is 4.99 Å². The molecule has 0 radical (unpaired) electrons. The molecular weight excluding hydrogens is 503 g/mol. The Morgan fingerprint density at radius 3 is 2.92 bits per heavy atom. The van der Waals surface area contributed by atoms with Crippen LogP contribution in [-0.2, 0) is 4.79 Å². The summed E-state index contributed by atoms with van der Waals surface area (Å²) in [6.45, 7) is 0.441. The fraction of sp³-hybridized carbons (Fsp3) is 0.333. The number of halogens is 2. The van der Waals surface area contributed by atoms with Gasteiger partial charge >= 0.3 is 0 Å². The Labute approximate surface area is 215 Å². The predicted octanol–water partition coefficient (Wildman–Crippen LogP) is 4.33. The van der Waals surface area contributed by atoms with Gasteiger partial charge in [0.1, 0.15) is 33.9 Å². The van der Waals surface area contributed by atoms with E-state index < -0.39 is 0 Å². The van der Waals surface area contributed by atoms with E-state index in [-0.39, 0.29) is 28.5 Å². The second-order valence-corrected chi connectivity index (χ2v) is 10.8. The number of nitrogens with one attached hydrogen (secondary N) is 2. The molecule has 0 saturated heterocycles. The Kier molecular flexibility index (Phi) is 6.18. The molecule has 1 aliphatic heterocycles. The van der Waals surface area contributed by atoms with Gasteiger partial charge in [0, 0.05) is 12.1 Å². The number of carbonyl (C=O) groups excluding carboxylic acids is 1. The van der Waals surface area contributed by atoms with Gasteiger partial charge in [0.05, 0.1) is 23.8 Å². The minimum absolute atomic E-state index is 0.00687. The molecule has 184 valence electrons.